The number of hydrogen-bond donors (Lipinski definition) is 0. The Morgan fingerprint density at radius 3 is 1.95 bits per heavy atom. The Bertz CT molecular complexity index is 1180. The third-order valence-corrected chi connectivity index (χ3v) is 12.7. The SMILES string of the molecule is CC(=O)O[C@H](CCC(C)C)[C@@H](C)[C@H]1CC[C@H]2[C@@H]3C[C@H](OS(=O)(=O)[O-])C4C[C@@H](OS(=O)(=O)[O-])CC[C@]4(C)[C@H]3CC[C@]12C.[Na+].[Na+]. The molecule has 4 aliphatic carbocycles. The van der Waals surface area contributed by atoms with Crippen molar-refractivity contribution in [2.24, 2.45) is 52.3 Å². The summed E-state index contributed by atoms with van der Waals surface area (Å²) in [5.41, 5.74) is -0.412. The molecule has 0 radical (unpaired) electrons. The van der Waals surface area contributed by atoms with Crippen molar-refractivity contribution in [2.75, 3.05) is 0 Å². The van der Waals surface area contributed by atoms with Crippen LogP contribution >= 0.6 is 0 Å². The van der Waals surface area contributed by atoms with E-state index < -0.39 is 38.9 Å². The maximum Gasteiger partial charge on any atom is 1.00 e. The van der Waals surface area contributed by atoms with Gasteiger partial charge in [-0.15, -0.1) is 0 Å². The largest absolute Gasteiger partial charge is 1.00 e. The third kappa shape index (κ3) is 9.22. The molecule has 0 aromatic heterocycles. The molecular weight excluding hydrogens is 618 g/mol. The van der Waals surface area contributed by atoms with Gasteiger partial charge in [0.2, 0.25) is 20.8 Å². The molecule has 0 N–H and O–H groups in total. The quantitative estimate of drug-likeness (QED) is 0.122. The van der Waals surface area contributed by atoms with Gasteiger partial charge in [0.05, 0.1) is 12.2 Å². The van der Waals surface area contributed by atoms with E-state index >= 15 is 0 Å². The minimum Gasteiger partial charge on any atom is -0.726 e. The monoisotopic (exact) mass is 666 g/mol. The molecule has 0 heterocycles. The molecule has 0 saturated heterocycles. The minimum atomic E-state index is -5.01. The Labute approximate surface area is 303 Å². The van der Waals surface area contributed by atoms with Crippen LogP contribution in [0.15, 0.2) is 0 Å². The Hall–Kier alpha value is 1.21. The molecule has 4 saturated carbocycles. The topological polar surface area (TPSA) is 159 Å². The standard InChI is InChI=1S/C29H50O10S2.2Na/c1-17(2)7-10-26(37-19(4)30)18(3)22-8-9-23-21-16-27(39-41(34,35)36)25-15-20(38-40(31,32)33)11-13-29(25,6)24(21)12-14-28(22,23)5;;/h17-18,20-27H,7-16H2,1-6H3,(H,31,32,33)(H,34,35,36);;/q;2*+1/p-2/t18-,20-,21-,22+,23-,24-,25?,26+,27-,28+,29+;;/m0../s1. The van der Waals surface area contributed by atoms with E-state index in [-0.39, 0.29) is 106 Å². The van der Waals surface area contributed by atoms with Crippen molar-refractivity contribution in [3.8, 4) is 0 Å². The van der Waals surface area contributed by atoms with Crippen molar-refractivity contribution < 1.29 is 103 Å². The summed E-state index contributed by atoms with van der Waals surface area (Å²) in [6.07, 6.45) is 5.25. The normalized spacial score (nSPS) is 38.9. The van der Waals surface area contributed by atoms with Gasteiger partial charge >= 0.3 is 65.1 Å². The maximum atomic E-state index is 12.0. The number of ether oxygens (including phenoxy) is 1. The Morgan fingerprint density at radius 1 is 0.814 bits per heavy atom. The second-order valence-corrected chi connectivity index (χ2v) is 16.4. The molecule has 1 unspecified atom stereocenters. The van der Waals surface area contributed by atoms with Gasteiger partial charge in [0.1, 0.15) is 6.10 Å². The third-order valence-electron chi connectivity index (χ3n) is 11.7. The predicted molar refractivity (Wildman–Crippen MR) is 149 cm³/mol. The Balaban J connectivity index is 0.00000323. The number of fused-ring (bicyclic) bond motifs is 5. The van der Waals surface area contributed by atoms with Gasteiger partial charge in [-0.2, -0.15) is 0 Å². The van der Waals surface area contributed by atoms with E-state index in [0.29, 0.717) is 37.0 Å². The van der Waals surface area contributed by atoms with Crippen molar-refractivity contribution in [3.63, 3.8) is 0 Å². The summed E-state index contributed by atoms with van der Waals surface area (Å²) in [6.45, 7) is 12.5. The van der Waals surface area contributed by atoms with Gasteiger partial charge in [0.25, 0.3) is 0 Å². The first-order valence-corrected chi connectivity index (χ1v) is 18.0. The summed E-state index contributed by atoms with van der Waals surface area (Å²) in [6, 6.07) is 0. The number of rotatable bonds is 10. The molecule has 14 heteroatoms. The molecule has 4 fully saturated rings. The van der Waals surface area contributed by atoms with E-state index in [1.54, 1.807) is 0 Å². The second-order valence-electron chi connectivity index (χ2n) is 14.4. The van der Waals surface area contributed by atoms with Crippen LogP contribution in [0.3, 0.4) is 0 Å². The van der Waals surface area contributed by atoms with Gasteiger partial charge in [-0.3, -0.25) is 13.2 Å². The van der Waals surface area contributed by atoms with E-state index in [9.17, 15) is 30.7 Å². The fourth-order valence-corrected chi connectivity index (χ4v) is 11.1. The van der Waals surface area contributed by atoms with Gasteiger partial charge in [0, 0.05) is 6.92 Å². The van der Waals surface area contributed by atoms with Crippen LogP contribution in [0.4, 0.5) is 0 Å². The zero-order valence-corrected chi connectivity index (χ0v) is 32.9. The zero-order chi connectivity index (χ0) is 30.5. The van der Waals surface area contributed by atoms with E-state index in [0.717, 1.165) is 38.5 Å². The average molecular weight is 667 g/mol. The smallest absolute Gasteiger partial charge is 0.726 e. The number of esters is 1. The average Bonchev–Trinajstić information content (AvgIpc) is 3.17. The van der Waals surface area contributed by atoms with Crippen molar-refractivity contribution in [3.05, 3.63) is 0 Å². The fourth-order valence-electron chi connectivity index (χ4n) is 10.0. The van der Waals surface area contributed by atoms with Crippen LogP contribution < -0.4 is 59.1 Å². The molecule has 11 atom stereocenters. The van der Waals surface area contributed by atoms with Crippen LogP contribution in [0, 0.1) is 52.3 Å². The number of carbonyl (C=O) groups is 1. The van der Waals surface area contributed by atoms with Gasteiger partial charge in [-0.1, -0.05) is 34.6 Å². The Morgan fingerprint density at radius 2 is 1.40 bits per heavy atom. The van der Waals surface area contributed by atoms with E-state index in [2.05, 4.69) is 34.6 Å². The van der Waals surface area contributed by atoms with Crippen LogP contribution in [0.5, 0.6) is 0 Å². The first-order chi connectivity index (χ1) is 18.8. The molecule has 0 aromatic carbocycles. The zero-order valence-electron chi connectivity index (χ0n) is 27.2. The molecule has 0 spiro atoms. The fraction of sp³-hybridized carbons (Fsp3) is 0.966. The summed E-state index contributed by atoms with van der Waals surface area (Å²) in [7, 11) is -9.93. The summed E-state index contributed by atoms with van der Waals surface area (Å²) in [4.78, 5) is 12.0. The second kappa shape index (κ2) is 15.2. The molecule has 0 aromatic rings. The van der Waals surface area contributed by atoms with Crippen LogP contribution in [-0.2, 0) is 38.7 Å². The molecule has 0 aliphatic heterocycles. The van der Waals surface area contributed by atoms with Crippen molar-refractivity contribution in [1.82, 2.24) is 0 Å². The number of hydrogen-bond acceptors (Lipinski definition) is 10. The van der Waals surface area contributed by atoms with Gasteiger partial charge < -0.3 is 13.8 Å². The van der Waals surface area contributed by atoms with Crippen LogP contribution in [-0.4, -0.2) is 50.2 Å². The van der Waals surface area contributed by atoms with Gasteiger partial charge in [0.15, 0.2) is 0 Å². The predicted octanol–water partition coefficient (Wildman–Crippen LogP) is -1.04. The summed E-state index contributed by atoms with van der Waals surface area (Å²) in [5.74, 6) is 1.02. The maximum absolute atomic E-state index is 12.0. The summed E-state index contributed by atoms with van der Waals surface area (Å²) < 4.78 is 85.4. The minimum absolute atomic E-state index is 0. The first kappa shape index (κ1) is 40.4. The summed E-state index contributed by atoms with van der Waals surface area (Å²) >= 11 is 0. The molecule has 4 aliphatic rings. The molecule has 238 valence electrons. The molecule has 10 nitrogen and oxygen atoms in total. The molecule has 0 amide bonds. The molecule has 4 rings (SSSR count). The van der Waals surface area contributed by atoms with Crippen LogP contribution in [0.1, 0.15) is 106 Å². The molecule has 0 bridgehead atoms. The van der Waals surface area contributed by atoms with Crippen molar-refractivity contribution in [1.29, 1.82) is 0 Å². The van der Waals surface area contributed by atoms with Crippen LogP contribution in [0.25, 0.3) is 0 Å². The summed E-state index contributed by atoms with van der Waals surface area (Å²) in [5, 5.41) is 0. The molecule has 43 heavy (non-hydrogen) atoms. The van der Waals surface area contributed by atoms with Gasteiger partial charge in [-0.25, -0.2) is 16.8 Å². The van der Waals surface area contributed by atoms with E-state index in [1.807, 2.05) is 0 Å². The van der Waals surface area contributed by atoms with Gasteiger partial charge in [-0.05, 0) is 116 Å². The van der Waals surface area contributed by atoms with Crippen LogP contribution in [0.2, 0.25) is 0 Å². The van der Waals surface area contributed by atoms with Crippen molar-refractivity contribution in [2.45, 2.75) is 124 Å². The van der Waals surface area contributed by atoms with E-state index in [4.69, 9.17) is 13.1 Å². The molecular formula is C29H48Na2O10S2. The van der Waals surface area contributed by atoms with E-state index in [1.165, 1.54) is 6.92 Å². The Kier molecular flexibility index (Phi) is 14.3. The number of carbonyl (C=O) groups excluding carboxylic acids is 1. The first-order valence-electron chi connectivity index (χ1n) is 15.3. The van der Waals surface area contributed by atoms with Crippen molar-refractivity contribution >= 4 is 26.8 Å².